The second kappa shape index (κ2) is 30.9. The number of allylic oxidation sites excluding steroid dienone is 2. The second-order valence-electron chi connectivity index (χ2n) is 19.4. The monoisotopic (exact) mass is 1010 g/mol. The van der Waals surface area contributed by atoms with Crippen molar-refractivity contribution in [3.8, 4) is 17.4 Å². The number of benzene rings is 3. The van der Waals surface area contributed by atoms with E-state index < -0.39 is 0 Å². The average molecular weight is 1010 g/mol. The predicted octanol–water partition coefficient (Wildman–Crippen LogP) is 15.2. The number of fused-ring (bicyclic) bond motifs is 5. The number of aryl methyl sites for hydroxylation is 8. The number of nitrogens with zero attached hydrogens (tertiary/aromatic N) is 7. The number of aromatic nitrogens is 6. The first kappa shape index (κ1) is 57.2. The molecule has 10 heteroatoms. The van der Waals surface area contributed by atoms with Gasteiger partial charge in [-0.05, 0) is 148 Å². The van der Waals surface area contributed by atoms with Crippen LogP contribution in [0.1, 0.15) is 104 Å². The molecule has 0 atom stereocenters. The fourth-order valence-electron chi connectivity index (χ4n) is 7.89. The summed E-state index contributed by atoms with van der Waals surface area (Å²) < 4.78 is 15.5. The molecular formula is C66H75N7O3. The van der Waals surface area contributed by atoms with E-state index in [1.807, 2.05) is 95.0 Å². The number of rotatable bonds is 0. The quantitative estimate of drug-likeness (QED) is 0.146. The summed E-state index contributed by atoms with van der Waals surface area (Å²) in [5.74, 6) is 3.42. The van der Waals surface area contributed by atoms with Gasteiger partial charge in [-0.25, -0.2) is 4.98 Å². The highest BCUT2D eigenvalue weighted by molar-refractivity contribution is 5.75. The van der Waals surface area contributed by atoms with Crippen LogP contribution in [0, 0.1) is 61.3 Å². The van der Waals surface area contributed by atoms with Gasteiger partial charge in [-0.15, -0.1) is 0 Å². The molecule has 0 N–H and O–H groups in total. The van der Waals surface area contributed by atoms with E-state index in [1.165, 1.54) is 80.6 Å². The standard InChI is InChI=1S/C10H10.2C9H9N.C8H9NO.C7H7NO2.C7H8.C6H7N.C5H6N2.C5H10/c1-8-5-6-9-3-2-4-10(9)7-8;1-7-2-3-8-4-5-10-9(8)6-7;1-7-5-8-3-2-4-9(8)10-6-7;1-6-2-4-9-7-3-5-10-8(6)7;1-5-2-6-7(8-3-5)10-4-9-6;1-7-5-3-2-4-6-7;1-6-3-2-4-7-5-6;1-5-4-6-2-3-7-5;1-5-3-2-4-5/h2,4-7H,3H2,1H3;2*2-3,5-6H,4H2,1H3;2,4H,3,5H2,1H3;2-3H,4H2,1H3;2-6H,1H3;2-5H,1H3;2-4H,1H3;5H,2-4H2,1H3. The number of aliphatic imine (C=N–C) groups is 1. The molecule has 3 aliphatic heterocycles. The molecule has 10 nitrogen and oxygen atoms in total. The topological polar surface area (TPSA) is 117 Å². The Bertz CT molecular complexity index is 2860. The summed E-state index contributed by atoms with van der Waals surface area (Å²) >= 11 is 0. The van der Waals surface area contributed by atoms with Gasteiger partial charge in [-0.3, -0.25) is 29.9 Å². The number of hydrogen-bond acceptors (Lipinski definition) is 10. The lowest BCUT2D eigenvalue weighted by Gasteiger charge is -2.18. The first-order valence-corrected chi connectivity index (χ1v) is 26.3. The van der Waals surface area contributed by atoms with E-state index in [0.29, 0.717) is 12.7 Å². The summed E-state index contributed by atoms with van der Waals surface area (Å²) in [7, 11) is 0. The van der Waals surface area contributed by atoms with Gasteiger partial charge in [0.25, 0.3) is 5.88 Å². The highest BCUT2D eigenvalue weighted by atomic mass is 16.7. The molecule has 3 aliphatic carbocycles. The molecular weight excluding hydrogens is 939 g/mol. The first-order chi connectivity index (χ1) is 36.9. The van der Waals surface area contributed by atoms with Crippen LogP contribution in [-0.4, -0.2) is 49.5 Å². The van der Waals surface area contributed by atoms with Gasteiger partial charge in [0.15, 0.2) is 5.75 Å². The van der Waals surface area contributed by atoms with Crippen LogP contribution in [-0.2, 0) is 25.7 Å². The van der Waals surface area contributed by atoms with E-state index in [4.69, 9.17) is 14.2 Å². The number of pyridine rings is 4. The van der Waals surface area contributed by atoms with E-state index in [9.17, 15) is 0 Å². The first-order valence-electron chi connectivity index (χ1n) is 26.3. The molecule has 3 aromatic carbocycles. The summed E-state index contributed by atoms with van der Waals surface area (Å²) in [6, 6.07) is 33.3. The molecule has 0 bridgehead atoms. The van der Waals surface area contributed by atoms with Crippen molar-refractivity contribution in [3.63, 3.8) is 0 Å². The third kappa shape index (κ3) is 20.0. The zero-order valence-electron chi connectivity index (χ0n) is 46.0. The summed E-state index contributed by atoms with van der Waals surface area (Å²) in [5.41, 5.74) is 18.6. The van der Waals surface area contributed by atoms with Crippen LogP contribution < -0.4 is 14.2 Å². The number of hydrogen-bond donors (Lipinski definition) is 0. The molecule has 5 aromatic heterocycles. The molecule has 8 heterocycles. The Morgan fingerprint density at radius 2 is 1.20 bits per heavy atom. The number of ether oxygens (including phenoxy) is 3. The van der Waals surface area contributed by atoms with E-state index in [0.717, 1.165) is 72.3 Å². The van der Waals surface area contributed by atoms with Crippen molar-refractivity contribution in [1.29, 1.82) is 0 Å². The Balaban J connectivity index is 0.000000140. The predicted molar refractivity (Wildman–Crippen MR) is 312 cm³/mol. The van der Waals surface area contributed by atoms with Crippen molar-refractivity contribution in [3.05, 3.63) is 237 Å². The van der Waals surface area contributed by atoms with Gasteiger partial charge in [0.05, 0.1) is 29.4 Å². The van der Waals surface area contributed by atoms with Crippen molar-refractivity contribution in [2.45, 2.75) is 107 Å². The molecule has 0 unspecified atom stereocenters. The Kier molecular flexibility index (Phi) is 23.3. The minimum Gasteiger partial charge on any atom is -0.491 e. The lowest BCUT2D eigenvalue weighted by atomic mass is 9.88. The van der Waals surface area contributed by atoms with Gasteiger partial charge in [-0.1, -0.05) is 128 Å². The summed E-state index contributed by atoms with van der Waals surface area (Å²) in [6.45, 7) is 19.7. The van der Waals surface area contributed by atoms with Gasteiger partial charge in [0.1, 0.15) is 5.75 Å². The molecule has 8 aromatic rings. The molecule has 1 saturated carbocycles. The van der Waals surface area contributed by atoms with E-state index >= 15 is 0 Å². The Hall–Kier alpha value is -8.11. The van der Waals surface area contributed by atoms with Crippen LogP contribution in [0.25, 0.3) is 12.2 Å². The highest BCUT2D eigenvalue weighted by Gasteiger charge is 2.15. The lowest BCUT2D eigenvalue weighted by molar-refractivity contribution is 0.171. The van der Waals surface area contributed by atoms with Crippen LogP contribution >= 0.6 is 0 Å². The zero-order chi connectivity index (χ0) is 53.9. The smallest absolute Gasteiger partial charge is 0.260 e. The third-order valence-electron chi connectivity index (χ3n) is 12.4. The lowest BCUT2D eigenvalue weighted by Crippen LogP contribution is -2.04. The molecule has 0 spiro atoms. The van der Waals surface area contributed by atoms with Crippen LogP contribution in [0.3, 0.4) is 0 Å². The average Bonchev–Trinajstić information content (AvgIpc) is 4.30. The zero-order valence-corrected chi connectivity index (χ0v) is 46.0. The second-order valence-corrected chi connectivity index (χ2v) is 19.4. The molecule has 0 radical (unpaired) electrons. The Labute approximate surface area is 452 Å². The molecule has 0 amide bonds. The van der Waals surface area contributed by atoms with E-state index in [2.05, 4.69) is 148 Å². The SMILES string of the molecule is CC1CCC1.Cc1ccc2c(c1)C=CC2.Cc1ccc2c(c1)N=CC2.Cc1ccccc1.Cc1cccnc1.Cc1ccnc2c1OCC2.Cc1cnc2c(c1)C=CC2.Cc1cnc2c(c1)OCO2.Cc1cnccn1. The van der Waals surface area contributed by atoms with Crippen molar-refractivity contribution < 1.29 is 14.2 Å². The largest absolute Gasteiger partial charge is 0.491 e. The fraction of sp³-hybridized carbons (Fsp3) is 0.288. The minimum atomic E-state index is 0.297. The molecule has 76 heavy (non-hydrogen) atoms. The fourth-order valence-corrected chi connectivity index (χ4v) is 7.89. The maximum absolute atomic E-state index is 5.37. The Morgan fingerprint density at radius 3 is 1.84 bits per heavy atom. The van der Waals surface area contributed by atoms with Crippen LogP contribution in [0.5, 0.6) is 17.4 Å². The van der Waals surface area contributed by atoms with Crippen LogP contribution in [0.15, 0.2) is 164 Å². The molecule has 1 fully saturated rings. The minimum absolute atomic E-state index is 0.297. The Morgan fingerprint density at radius 1 is 0.500 bits per heavy atom. The third-order valence-corrected chi connectivity index (χ3v) is 12.4. The maximum Gasteiger partial charge on any atom is 0.260 e. The van der Waals surface area contributed by atoms with Crippen LogP contribution in [0.2, 0.25) is 0 Å². The summed E-state index contributed by atoms with van der Waals surface area (Å²) in [5, 5.41) is 0. The summed E-state index contributed by atoms with van der Waals surface area (Å²) in [4.78, 5) is 28.4. The van der Waals surface area contributed by atoms with E-state index in [-0.39, 0.29) is 0 Å². The maximum atomic E-state index is 5.37. The van der Waals surface area contributed by atoms with Crippen LogP contribution in [0.4, 0.5) is 5.69 Å². The molecule has 6 aliphatic rings. The van der Waals surface area contributed by atoms with Crippen molar-refractivity contribution in [2.24, 2.45) is 10.9 Å². The molecule has 14 rings (SSSR count). The van der Waals surface area contributed by atoms with Gasteiger partial charge < -0.3 is 14.2 Å². The van der Waals surface area contributed by atoms with Gasteiger partial charge in [0, 0.05) is 75.1 Å². The van der Waals surface area contributed by atoms with Crippen molar-refractivity contribution in [2.75, 3.05) is 13.4 Å². The molecule has 0 saturated heterocycles. The highest BCUT2D eigenvalue weighted by Crippen LogP contribution is 2.30. The molecule has 392 valence electrons. The summed E-state index contributed by atoms with van der Waals surface area (Å²) in [6.07, 6.45) is 33.4. The normalized spacial score (nSPS) is 13.2. The van der Waals surface area contributed by atoms with Crippen molar-refractivity contribution in [1.82, 2.24) is 29.9 Å². The van der Waals surface area contributed by atoms with Gasteiger partial charge in [0.2, 0.25) is 6.79 Å². The van der Waals surface area contributed by atoms with Gasteiger partial charge >= 0.3 is 0 Å². The van der Waals surface area contributed by atoms with Gasteiger partial charge in [-0.2, -0.15) is 0 Å². The van der Waals surface area contributed by atoms with Crippen molar-refractivity contribution >= 4 is 24.1 Å². The van der Waals surface area contributed by atoms with E-state index in [1.54, 1.807) is 31.0 Å².